The van der Waals surface area contributed by atoms with Crippen molar-refractivity contribution in [2.75, 3.05) is 26.2 Å². The van der Waals surface area contributed by atoms with Crippen LogP contribution in [0.15, 0.2) is 24.4 Å². The topological polar surface area (TPSA) is 100 Å². The Balaban J connectivity index is 1.60. The van der Waals surface area contributed by atoms with Gasteiger partial charge in [-0.25, -0.2) is 4.79 Å². The number of likely N-dealkylation sites (tertiary alicyclic amines) is 1. The van der Waals surface area contributed by atoms with Crippen LogP contribution in [0.2, 0.25) is 0 Å². The van der Waals surface area contributed by atoms with E-state index in [2.05, 4.69) is 4.98 Å². The molecular weight excluding hydrogens is 314 g/mol. The van der Waals surface area contributed by atoms with Crippen molar-refractivity contribution in [1.82, 2.24) is 14.8 Å². The molecule has 8 nitrogen and oxygen atoms in total. The van der Waals surface area contributed by atoms with Gasteiger partial charge in [-0.15, -0.1) is 0 Å². The highest BCUT2D eigenvalue weighted by Gasteiger charge is 2.38. The molecule has 2 aliphatic rings. The molecule has 0 radical (unpaired) electrons. The lowest BCUT2D eigenvalue weighted by atomic mass is 10.1. The van der Waals surface area contributed by atoms with Crippen molar-refractivity contribution < 1.29 is 24.2 Å². The van der Waals surface area contributed by atoms with Crippen molar-refractivity contribution in [2.24, 2.45) is 5.92 Å². The summed E-state index contributed by atoms with van der Waals surface area (Å²) in [5.74, 6) is -1.77. The highest BCUT2D eigenvalue weighted by Crippen LogP contribution is 2.22. The number of aromatic nitrogens is 1. The predicted octanol–water partition coefficient (Wildman–Crippen LogP) is -0.258. The van der Waals surface area contributed by atoms with E-state index < -0.39 is 18.0 Å². The lowest BCUT2D eigenvalue weighted by Gasteiger charge is -2.32. The van der Waals surface area contributed by atoms with Crippen molar-refractivity contribution in [2.45, 2.75) is 19.1 Å². The van der Waals surface area contributed by atoms with Gasteiger partial charge in [-0.3, -0.25) is 14.6 Å². The zero-order valence-corrected chi connectivity index (χ0v) is 13.1. The van der Waals surface area contributed by atoms with Crippen LogP contribution in [-0.2, 0) is 25.7 Å². The summed E-state index contributed by atoms with van der Waals surface area (Å²) in [6.45, 7) is 1.29. The Labute approximate surface area is 139 Å². The van der Waals surface area contributed by atoms with E-state index >= 15 is 0 Å². The molecular formula is C16H19N3O5. The second-order valence-electron chi connectivity index (χ2n) is 5.98. The van der Waals surface area contributed by atoms with Crippen molar-refractivity contribution in [3.05, 3.63) is 30.1 Å². The van der Waals surface area contributed by atoms with Gasteiger partial charge in [-0.05, 0) is 12.1 Å². The Morgan fingerprint density at radius 1 is 1.33 bits per heavy atom. The summed E-state index contributed by atoms with van der Waals surface area (Å²) in [7, 11) is 0. The molecule has 1 aromatic rings. The van der Waals surface area contributed by atoms with Crippen molar-refractivity contribution in [1.29, 1.82) is 0 Å². The van der Waals surface area contributed by atoms with Gasteiger partial charge in [0.15, 0.2) is 6.10 Å². The number of ether oxygens (including phenoxy) is 1. The number of morpholine rings is 1. The monoisotopic (exact) mass is 333 g/mol. The standard InChI is InChI=1S/C16H19N3O5/c20-14-7-11(8-19(14)9-12-3-1-2-4-17-12)15(21)18-5-6-24-13(10-18)16(22)23/h1-4,11,13H,5-10H2,(H,22,23). The first kappa shape index (κ1) is 16.4. The summed E-state index contributed by atoms with van der Waals surface area (Å²) in [5, 5.41) is 9.02. The average molecular weight is 333 g/mol. The lowest BCUT2D eigenvalue weighted by molar-refractivity contribution is -0.160. The minimum Gasteiger partial charge on any atom is -0.479 e. The zero-order chi connectivity index (χ0) is 17.1. The molecule has 3 rings (SSSR count). The third-order valence-electron chi connectivity index (χ3n) is 4.30. The number of hydrogen-bond acceptors (Lipinski definition) is 5. The largest absolute Gasteiger partial charge is 0.479 e. The molecule has 0 aliphatic carbocycles. The minimum absolute atomic E-state index is 0.0269. The Bertz CT molecular complexity index is 636. The van der Waals surface area contributed by atoms with Gasteiger partial charge in [0, 0.05) is 25.7 Å². The van der Waals surface area contributed by atoms with E-state index in [0.29, 0.717) is 19.6 Å². The SMILES string of the molecule is O=C(O)C1CN(C(=O)C2CC(=O)N(Cc3ccccn3)C2)CCO1. The Morgan fingerprint density at radius 2 is 2.17 bits per heavy atom. The fraction of sp³-hybridized carbons (Fsp3) is 0.500. The molecule has 1 N–H and O–H groups in total. The summed E-state index contributed by atoms with van der Waals surface area (Å²) in [5.41, 5.74) is 0.774. The van der Waals surface area contributed by atoms with Crippen molar-refractivity contribution in [3.63, 3.8) is 0 Å². The molecule has 128 valence electrons. The molecule has 3 heterocycles. The van der Waals surface area contributed by atoms with Crippen LogP contribution in [0.5, 0.6) is 0 Å². The molecule has 0 spiro atoms. The van der Waals surface area contributed by atoms with Crippen LogP contribution >= 0.6 is 0 Å². The maximum absolute atomic E-state index is 12.6. The quantitative estimate of drug-likeness (QED) is 0.815. The van der Waals surface area contributed by atoms with Crippen molar-refractivity contribution in [3.8, 4) is 0 Å². The maximum Gasteiger partial charge on any atom is 0.334 e. The van der Waals surface area contributed by atoms with E-state index in [9.17, 15) is 14.4 Å². The summed E-state index contributed by atoms with van der Waals surface area (Å²) < 4.78 is 5.12. The van der Waals surface area contributed by atoms with Gasteiger partial charge in [-0.2, -0.15) is 0 Å². The van der Waals surface area contributed by atoms with Crippen molar-refractivity contribution >= 4 is 17.8 Å². The number of amides is 2. The number of carbonyl (C=O) groups is 3. The summed E-state index contributed by atoms with van der Waals surface area (Å²) in [6, 6.07) is 5.49. The highest BCUT2D eigenvalue weighted by atomic mass is 16.5. The number of nitrogens with zero attached hydrogens (tertiary/aromatic N) is 3. The third kappa shape index (κ3) is 3.53. The van der Waals surface area contributed by atoms with Crippen LogP contribution in [0.25, 0.3) is 0 Å². The fourth-order valence-electron chi connectivity index (χ4n) is 3.03. The van der Waals surface area contributed by atoms with Gasteiger partial charge in [0.05, 0.1) is 31.3 Å². The molecule has 2 unspecified atom stereocenters. The van der Waals surface area contributed by atoms with E-state index in [4.69, 9.17) is 9.84 Å². The van der Waals surface area contributed by atoms with Gasteiger partial charge in [0.2, 0.25) is 11.8 Å². The van der Waals surface area contributed by atoms with Crippen LogP contribution in [-0.4, -0.2) is 70.0 Å². The second-order valence-corrected chi connectivity index (χ2v) is 5.98. The number of carbonyl (C=O) groups excluding carboxylic acids is 2. The first-order chi connectivity index (χ1) is 11.5. The average Bonchev–Trinajstić information content (AvgIpc) is 2.96. The highest BCUT2D eigenvalue weighted by molar-refractivity contribution is 5.89. The summed E-state index contributed by atoms with van der Waals surface area (Å²) >= 11 is 0. The fourth-order valence-corrected chi connectivity index (χ4v) is 3.03. The van der Waals surface area contributed by atoms with Gasteiger partial charge >= 0.3 is 5.97 Å². The Morgan fingerprint density at radius 3 is 2.88 bits per heavy atom. The van der Waals surface area contributed by atoms with E-state index in [-0.39, 0.29) is 31.4 Å². The van der Waals surface area contributed by atoms with E-state index in [1.807, 2.05) is 12.1 Å². The third-order valence-corrected chi connectivity index (χ3v) is 4.30. The number of hydrogen-bond donors (Lipinski definition) is 1. The first-order valence-corrected chi connectivity index (χ1v) is 7.85. The molecule has 8 heteroatoms. The zero-order valence-electron chi connectivity index (χ0n) is 13.1. The number of aliphatic carboxylic acids is 1. The van der Waals surface area contributed by atoms with Gasteiger partial charge in [-0.1, -0.05) is 6.07 Å². The van der Waals surface area contributed by atoms with Crippen LogP contribution in [0.4, 0.5) is 0 Å². The van der Waals surface area contributed by atoms with Gasteiger partial charge in [0.25, 0.3) is 0 Å². The van der Waals surface area contributed by atoms with E-state index in [1.54, 1.807) is 17.2 Å². The molecule has 2 amide bonds. The summed E-state index contributed by atoms with van der Waals surface area (Å²) in [4.78, 5) is 43.1. The van der Waals surface area contributed by atoms with E-state index in [1.165, 1.54) is 4.90 Å². The van der Waals surface area contributed by atoms with Gasteiger partial charge < -0.3 is 19.6 Å². The molecule has 2 saturated heterocycles. The van der Waals surface area contributed by atoms with Gasteiger partial charge in [0.1, 0.15) is 0 Å². The molecule has 1 aromatic heterocycles. The maximum atomic E-state index is 12.6. The smallest absolute Gasteiger partial charge is 0.334 e. The summed E-state index contributed by atoms with van der Waals surface area (Å²) in [6.07, 6.45) is 0.823. The number of pyridine rings is 1. The molecule has 2 fully saturated rings. The molecule has 2 aliphatic heterocycles. The lowest BCUT2D eigenvalue weighted by Crippen LogP contribution is -2.50. The molecule has 2 atom stereocenters. The molecule has 0 aromatic carbocycles. The normalized spacial score (nSPS) is 24.2. The molecule has 24 heavy (non-hydrogen) atoms. The Hall–Kier alpha value is -2.48. The number of carboxylic acids is 1. The minimum atomic E-state index is -1.08. The Kier molecular flexibility index (Phi) is 4.75. The van der Waals surface area contributed by atoms with Crippen LogP contribution in [0.1, 0.15) is 12.1 Å². The van der Waals surface area contributed by atoms with E-state index in [0.717, 1.165) is 5.69 Å². The predicted molar refractivity (Wildman–Crippen MR) is 81.7 cm³/mol. The first-order valence-electron chi connectivity index (χ1n) is 7.85. The molecule has 0 saturated carbocycles. The molecule has 0 bridgehead atoms. The number of carboxylic acid groups (broad SMARTS) is 1. The van der Waals surface area contributed by atoms with Crippen LogP contribution in [0, 0.1) is 5.92 Å². The van der Waals surface area contributed by atoms with Crippen LogP contribution in [0.3, 0.4) is 0 Å². The number of rotatable bonds is 4. The second kappa shape index (κ2) is 6.96. The van der Waals surface area contributed by atoms with Crippen LogP contribution < -0.4 is 0 Å².